The Balaban J connectivity index is 2.17. The van der Waals surface area contributed by atoms with Gasteiger partial charge in [0, 0.05) is 6.07 Å². The number of primary amides is 1. The van der Waals surface area contributed by atoms with Gasteiger partial charge in [0.15, 0.2) is 18.1 Å². The first-order valence-electron chi connectivity index (χ1n) is 8.43. The first-order valence-corrected chi connectivity index (χ1v) is 8.43. The van der Waals surface area contributed by atoms with E-state index < -0.39 is 24.4 Å². The maximum atomic E-state index is 12.2. The van der Waals surface area contributed by atoms with Crippen LogP contribution in [0.25, 0.3) is 0 Å². The summed E-state index contributed by atoms with van der Waals surface area (Å²) < 4.78 is 20.7. The van der Waals surface area contributed by atoms with E-state index in [9.17, 15) is 14.4 Å². The van der Waals surface area contributed by atoms with Crippen LogP contribution in [0, 0.1) is 18.3 Å². The number of nitrogens with two attached hydrogens (primary N) is 1. The van der Waals surface area contributed by atoms with Crippen LogP contribution in [-0.4, -0.2) is 38.1 Å². The Morgan fingerprint density at radius 2 is 1.97 bits per heavy atom. The quantitative estimate of drug-likeness (QED) is 0.634. The first kappa shape index (κ1) is 21.3. The van der Waals surface area contributed by atoms with Crippen LogP contribution < -0.4 is 20.5 Å². The zero-order chi connectivity index (χ0) is 21.6. The minimum Gasteiger partial charge on any atom is -0.493 e. The Hall–Kier alpha value is -4.00. The highest BCUT2D eigenvalue weighted by atomic mass is 16.5. The third kappa shape index (κ3) is 4.84. The third-order valence-corrected chi connectivity index (χ3v) is 3.71. The van der Waals surface area contributed by atoms with Crippen LogP contribution in [0.2, 0.25) is 0 Å². The van der Waals surface area contributed by atoms with Gasteiger partial charge in [-0.2, -0.15) is 5.26 Å². The van der Waals surface area contributed by atoms with Crippen molar-refractivity contribution < 1.29 is 33.0 Å². The Bertz CT molecular complexity index is 988. The summed E-state index contributed by atoms with van der Waals surface area (Å²) >= 11 is 0. The molecule has 3 N–H and O–H groups in total. The molecule has 10 nitrogen and oxygen atoms in total. The number of nitriles is 1. The van der Waals surface area contributed by atoms with Gasteiger partial charge in [0.25, 0.3) is 11.8 Å². The van der Waals surface area contributed by atoms with Crippen molar-refractivity contribution in [2.45, 2.75) is 13.8 Å². The van der Waals surface area contributed by atoms with Gasteiger partial charge in [-0.1, -0.05) is 0 Å². The number of methoxy groups -OCH3 is 1. The lowest BCUT2D eigenvalue weighted by atomic mass is 10.1. The third-order valence-electron chi connectivity index (χ3n) is 3.71. The molecule has 1 aromatic heterocycles. The van der Waals surface area contributed by atoms with Gasteiger partial charge in [-0.3, -0.25) is 14.9 Å². The summed E-state index contributed by atoms with van der Waals surface area (Å²) in [6.07, 6.45) is 0. The lowest BCUT2D eigenvalue weighted by Gasteiger charge is -2.10. The van der Waals surface area contributed by atoms with E-state index in [-0.39, 0.29) is 40.9 Å². The average molecular weight is 401 g/mol. The van der Waals surface area contributed by atoms with Gasteiger partial charge >= 0.3 is 5.97 Å². The summed E-state index contributed by atoms with van der Waals surface area (Å²) in [5.41, 5.74) is 5.26. The standard InChI is InChI=1S/C19H19N3O7/c1-4-27-19(25)15-10(2)29-18(16(15)17(21)24)22-14(23)9-28-12-6-5-11(8-20)7-13(12)26-3/h5-7H,4,9H2,1-3H3,(H2,21,24)(H,22,23). The van der Waals surface area contributed by atoms with Crippen molar-refractivity contribution in [1.82, 2.24) is 0 Å². The van der Waals surface area contributed by atoms with Crippen molar-refractivity contribution in [3.63, 3.8) is 0 Å². The van der Waals surface area contributed by atoms with Gasteiger partial charge < -0.3 is 24.4 Å². The number of nitrogens with zero attached hydrogens (tertiary/aromatic N) is 1. The highest BCUT2D eigenvalue weighted by Gasteiger charge is 2.29. The van der Waals surface area contributed by atoms with E-state index in [0.717, 1.165) is 0 Å². The van der Waals surface area contributed by atoms with Crippen molar-refractivity contribution in [3.05, 3.63) is 40.6 Å². The topological polar surface area (TPSA) is 154 Å². The van der Waals surface area contributed by atoms with Gasteiger partial charge in [-0.25, -0.2) is 4.79 Å². The van der Waals surface area contributed by atoms with Crippen LogP contribution in [0.3, 0.4) is 0 Å². The first-order chi connectivity index (χ1) is 13.8. The van der Waals surface area contributed by atoms with Crippen molar-refractivity contribution in [1.29, 1.82) is 5.26 Å². The molecular weight excluding hydrogens is 382 g/mol. The summed E-state index contributed by atoms with van der Waals surface area (Å²) in [6.45, 7) is 2.67. The lowest BCUT2D eigenvalue weighted by molar-refractivity contribution is -0.118. The number of carbonyl (C=O) groups excluding carboxylic acids is 3. The van der Waals surface area contributed by atoms with Crippen LogP contribution in [0.4, 0.5) is 5.88 Å². The number of aryl methyl sites for hydroxylation is 1. The highest BCUT2D eigenvalue weighted by molar-refractivity contribution is 6.10. The predicted octanol–water partition coefficient (Wildman–Crippen LogP) is 1.76. The van der Waals surface area contributed by atoms with Crippen molar-refractivity contribution in [2.75, 3.05) is 25.6 Å². The molecule has 0 aliphatic heterocycles. The van der Waals surface area contributed by atoms with E-state index in [1.54, 1.807) is 6.92 Å². The van der Waals surface area contributed by atoms with E-state index in [0.29, 0.717) is 5.56 Å². The minimum absolute atomic E-state index is 0.0715. The average Bonchev–Trinajstić information content (AvgIpc) is 3.02. The Kier molecular flexibility index (Phi) is 6.81. The molecule has 1 heterocycles. The predicted molar refractivity (Wildman–Crippen MR) is 99.8 cm³/mol. The molecule has 29 heavy (non-hydrogen) atoms. The Labute approximate surface area is 166 Å². The maximum absolute atomic E-state index is 12.2. The number of furan rings is 1. The highest BCUT2D eigenvalue weighted by Crippen LogP contribution is 2.29. The fourth-order valence-electron chi connectivity index (χ4n) is 2.48. The molecule has 152 valence electrons. The minimum atomic E-state index is -0.963. The largest absolute Gasteiger partial charge is 0.493 e. The summed E-state index contributed by atoms with van der Waals surface area (Å²) in [4.78, 5) is 36.1. The van der Waals surface area contributed by atoms with Crippen LogP contribution in [0.15, 0.2) is 22.6 Å². The van der Waals surface area contributed by atoms with Crippen LogP contribution >= 0.6 is 0 Å². The maximum Gasteiger partial charge on any atom is 0.342 e. The summed E-state index contributed by atoms with van der Waals surface area (Å²) in [5.74, 6) is -2.13. The number of ether oxygens (including phenoxy) is 3. The van der Waals surface area contributed by atoms with Crippen molar-refractivity contribution >= 4 is 23.7 Å². The van der Waals surface area contributed by atoms with Gasteiger partial charge in [0.05, 0.1) is 25.3 Å². The summed E-state index contributed by atoms with van der Waals surface area (Å²) in [5, 5.41) is 11.3. The van der Waals surface area contributed by atoms with Crippen LogP contribution in [-0.2, 0) is 9.53 Å². The fraction of sp³-hybridized carbons (Fsp3) is 0.263. The lowest BCUT2D eigenvalue weighted by Crippen LogP contribution is -2.23. The second-order valence-electron chi connectivity index (χ2n) is 5.64. The zero-order valence-electron chi connectivity index (χ0n) is 16.0. The number of anilines is 1. The molecule has 1 aromatic carbocycles. The van der Waals surface area contributed by atoms with Gasteiger partial charge in [-0.15, -0.1) is 0 Å². The van der Waals surface area contributed by atoms with E-state index in [2.05, 4.69) is 5.32 Å². The monoisotopic (exact) mass is 401 g/mol. The van der Waals surface area contributed by atoms with Crippen molar-refractivity contribution in [3.8, 4) is 17.6 Å². The number of amides is 2. The molecule has 2 aromatic rings. The number of nitrogens with one attached hydrogen (secondary N) is 1. The van der Waals surface area contributed by atoms with E-state index in [4.69, 9.17) is 29.6 Å². The van der Waals surface area contributed by atoms with Crippen LogP contribution in [0.5, 0.6) is 11.5 Å². The summed E-state index contributed by atoms with van der Waals surface area (Å²) in [7, 11) is 1.39. The van der Waals surface area contributed by atoms with E-state index in [1.807, 2.05) is 6.07 Å². The summed E-state index contributed by atoms with van der Waals surface area (Å²) in [6, 6.07) is 6.40. The van der Waals surface area contributed by atoms with E-state index >= 15 is 0 Å². The van der Waals surface area contributed by atoms with Crippen LogP contribution in [0.1, 0.15) is 39.0 Å². The number of benzene rings is 1. The molecule has 0 saturated heterocycles. The SMILES string of the molecule is CCOC(=O)c1c(C)oc(NC(=O)COc2ccc(C#N)cc2OC)c1C(N)=O. The second kappa shape index (κ2) is 9.27. The number of esters is 1. The molecule has 0 spiro atoms. The molecule has 0 bridgehead atoms. The molecule has 0 aliphatic carbocycles. The van der Waals surface area contributed by atoms with Gasteiger partial charge in [-0.05, 0) is 26.0 Å². The van der Waals surface area contributed by atoms with Crippen molar-refractivity contribution in [2.24, 2.45) is 5.73 Å². The number of rotatable bonds is 8. The van der Waals surface area contributed by atoms with Gasteiger partial charge in [0.1, 0.15) is 16.9 Å². The number of hydrogen-bond acceptors (Lipinski definition) is 8. The molecule has 0 radical (unpaired) electrons. The normalized spacial score (nSPS) is 10.0. The fourth-order valence-corrected chi connectivity index (χ4v) is 2.48. The molecule has 0 aliphatic rings. The molecule has 10 heteroatoms. The molecule has 0 saturated carbocycles. The Morgan fingerprint density at radius 3 is 2.55 bits per heavy atom. The second-order valence-corrected chi connectivity index (χ2v) is 5.64. The molecular formula is C19H19N3O7. The Morgan fingerprint density at radius 1 is 1.24 bits per heavy atom. The molecule has 0 unspecified atom stereocenters. The zero-order valence-corrected chi connectivity index (χ0v) is 16.0. The molecule has 0 fully saturated rings. The number of carbonyl (C=O) groups is 3. The molecule has 2 rings (SSSR count). The smallest absolute Gasteiger partial charge is 0.342 e. The number of hydrogen-bond donors (Lipinski definition) is 2. The molecule has 0 atom stereocenters. The molecule has 2 amide bonds. The van der Waals surface area contributed by atoms with E-state index in [1.165, 1.54) is 32.2 Å². The van der Waals surface area contributed by atoms with Gasteiger partial charge in [0.2, 0.25) is 5.88 Å².